The van der Waals surface area contributed by atoms with Gasteiger partial charge in [-0.3, -0.25) is 9.59 Å². The number of nitrogens with zero attached hydrogens (tertiary/aromatic N) is 1. The molecule has 0 unspecified atom stereocenters. The minimum absolute atomic E-state index is 0.00879. The zero-order valence-corrected chi connectivity index (χ0v) is 15.7. The standard InChI is InChI=1S/C18H17ClF3N3O3/c1-10-12(5-6-15(24-10)18(20,21)22)17(27)25-11-3-4-13(14(19)9-11)16(26)23-7-8-28-2/h3-6,9H,7-8H2,1-2H3,(H,23,26)(H,25,27). The first-order valence-electron chi connectivity index (χ1n) is 8.06. The van der Waals surface area contributed by atoms with E-state index in [-0.39, 0.29) is 27.5 Å². The van der Waals surface area contributed by atoms with Crippen LogP contribution in [0.1, 0.15) is 32.1 Å². The molecule has 0 atom stereocenters. The van der Waals surface area contributed by atoms with Crippen LogP contribution < -0.4 is 10.6 Å². The zero-order valence-electron chi connectivity index (χ0n) is 15.0. The van der Waals surface area contributed by atoms with Crippen LogP contribution in [-0.4, -0.2) is 37.1 Å². The predicted molar refractivity (Wildman–Crippen MR) is 97.6 cm³/mol. The van der Waals surface area contributed by atoms with Gasteiger partial charge in [-0.25, -0.2) is 4.98 Å². The number of anilines is 1. The number of hydrogen-bond acceptors (Lipinski definition) is 4. The number of alkyl halides is 3. The molecule has 2 amide bonds. The summed E-state index contributed by atoms with van der Waals surface area (Å²) in [5.41, 5.74) is -0.655. The number of carbonyl (C=O) groups is 2. The van der Waals surface area contributed by atoms with Crippen molar-refractivity contribution >= 4 is 29.1 Å². The number of nitrogens with one attached hydrogen (secondary N) is 2. The molecule has 2 aromatic rings. The number of ether oxygens (including phenoxy) is 1. The number of amides is 2. The van der Waals surface area contributed by atoms with Crippen LogP contribution >= 0.6 is 11.6 Å². The molecule has 0 saturated carbocycles. The first kappa shape index (κ1) is 21.6. The van der Waals surface area contributed by atoms with Gasteiger partial charge in [0.15, 0.2) is 0 Å². The van der Waals surface area contributed by atoms with Gasteiger partial charge < -0.3 is 15.4 Å². The van der Waals surface area contributed by atoms with Gasteiger partial charge >= 0.3 is 6.18 Å². The number of aryl methyl sites for hydroxylation is 1. The van der Waals surface area contributed by atoms with E-state index in [1.807, 2.05) is 0 Å². The number of hydrogen-bond donors (Lipinski definition) is 2. The number of methoxy groups -OCH3 is 1. The fourth-order valence-corrected chi connectivity index (χ4v) is 2.56. The third-order valence-corrected chi connectivity index (χ3v) is 4.00. The topological polar surface area (TPSA) is 80.3 Å². The normalized spacial score (nSPS) is 11.2. The quantitative estimate of drug-likeness (QED) is 0.705. The molecule has 0 aliphatic rings. The molecule has 0 saturated heterocycles. The maximum atomic E-state index is 12.7. The summed E-state index contributed by atoms with van der Waals surface area (Å²) in [4.78, 5) is 27.8. The molecule has 6 nitrogen and oxygen atoms in total. The first-order chi connectivity index (χ1) is 13.1. The molecule has 1 aromatic heterocycles. The van der Waals surface area contributed by atoms with Crippen LogP contribution in [0.2, 0.25) is 5.02 Å². The Morgan fingerprint density at radius 1 is 1.14 bits per heavy atom. The smallest absolute Gasteiger partial charge is 0.383 e. The van der Waals surface area contributed by atoms with Crippen molar-refractivity contribution in [1.29, 1.82) is 0 Å². The Hall–Kier alpha value is -2.65. The molecule has 0 fully saturated rings. The lowest BCUT2D eigenvalue weighted by Gasteiger charge is -2.12. The van der Waals surface area contributed by atoms with E-state index >= 15 is 0 Å². The lowest BCUT2D eigenvalue weighted by Crippen LogP contribution is -2.27. The highest BCUT2D eigenvalue weighted by atomic mass is 35.5. The maximum absolute atomic E-state index is 12.7. The summed E-state index contributed by atoms with van der Waals surface area (Å²) < 4.78 is 42.9. The summed E-state index contributed by atoms with van der Waals surface area (Å²) in [7, 11) is 1.50. The monoisotopic (exact) mass is 415 g/mol. The molecule has 2 rings (SSSR count). The van der Waals surface area contributed by atoms with Crippen molar-refractivity contribution in [3.63, 3.8) is 0 Å². The molecular weight excluding hydrogens is 399 g/mol. The van der Waals surface area contributed by atoms with Gasteiger partial charge in [-0.1, -0.05) is 11.6 Å². The van der Waals surface area contributed by atoms with Gasteiger partial charge in [0.25, 0.3) is 11.8 Å². The molecule has 1 heterocycles. The lowest BCUT2D eigenvalue weighted by atomic mass is 10.1. The molecule has 28 heavy (non-hydrogen) atoms. The molecule has 2 N–H and O–H groups in total. The maximum Gasteiger partial charge on any atom is 0.433 e. The molecule has 10 heteroatoms. The summed E-state index contributed by atoms with van der Waals surface area (Å²) in [6, 6.07) is 6.05. The second kappa shape index (κ2) is 9.03. The second-order valence-corrected chi connectivity index (χ2v) is 6.13. The van der Waals surface area contributed by atoms with Gasteiger partial charge in [0.1, 0.15) is 5.69 Å². The van der Waals surface area contributed by atoms with Crippen molar-refractivity contribution in [2.45, 2.75) is 13.1 Å². The van der Waals surface area contributed by atoms with Crippen LogP contribution in [0, 0.1) is 6.92 Å². The van der Waals surface area contributed by atoms with E-state index in [2.05, 4.69) is 15.6 Å². The van der Waals surface area contributed by atoms with Gasteiger partial charge in [-0.2, -0.15) is 13.2 Å². The van der Waals surface area contributed by atoms with Gasteiger partial charge in [-0.15, -0.1) is 0 Å². The van der Waals surface area contributed by atoms with Gasteiger partial charge in [0.05, 0.1) is 28.5 Å². The van der Waals surface area contributed by atoms with Crippen LogP contribution in [0.15, 0.2) is 30.3 Å². The number of aromatic nitrogens is 1. The average Bonchev–Trinajstić information content (AvgIpc) is 2.61. The fraction of sp³-hybridized carbons (Fsp3) is 0.278. The van der Waals surface area contributed by atoms with E-state index in [1.54, 1.807) is 0 Å². The molecule has 0 spiro atoms. The average molecular weight is 416 g/mol. The highest BCUT2D eigenvalue weighted by Crippen LogP contribution is 2.28. The minimum atomic E-state index is -4.59. The Morgan fingerprint density at radius 2 is 1.82 bits per heavy atom. The lowest BCUT2D eigenvalue weighted by molar-refractivity contribution is -0.141. The first-order valence-corrected chi connectivity index (χ1v) is 8.44. The van der Waals surface area contributed by atoms with Gasteiger partial charge in [-0.05, 0) is 37.3 Å². The summed E-state index contributed by atoms with van der Waals surface area (Å²) in [5.74, 6) is -1.05. The van der Waals surface area contributed by atoms with Crippen molar-refractivity contribution in [2.24, 2.45) is 0 Å². The van der Waals surface area contributed by atoms with Crippen LogP contribution in [0.5, 0.6) is 0 Å². The molecule has 0 radical (unpaired) electrons. The number of pyridine rings is 1. The van der Waals surface area contributed by atoms with Crippen LogP contribution in [0.3, 0.4) is 0 Å². The van der Waals surface area contributed by atoms with E-state index in [0.717, 1.165) is 12.1 Å². The SMILES string of the molecule is COCCNC(=O)c1ccc(NC(=O)c2ccc(C(F)(F)F)nc2C)cc1Cl. The molecule has 0 aliphatic heterocycles. The van der Waals surface area contributed by atoms with Crippen LogP contribution in [0.4, 0.5) is 18.9 Å². The summed E-state index contributed by atoms with van der Waals surface area (Å²) >= 11 is 6.09. The highest BCUT2D eigenvalue weighted by molar-refractivity contribution is 6.34. The van der Waals surface area contributed by atoms with Crippen LogP contribution in [-0.2, 0) is 10.9 Å². The second-order valence-electron chi connectivity index (χ2n) is 5.72. The van der Waals surface area contributed by atoms with Gasteiger partial charge in [0, 0.05) is 19.3 Å². The van der Waals surface area contributed by atoms with Crippen molar-refractivity contribution < 1.29 is 27.5 Å². The zero-order chi connectivity index (χ0) is 20.9. The van der Waals surface area contributed by atoms with Crippen molar-refractivity contribution in [2.75, 3.05) is 25.6 Å². The predicted octanol–water partition coefficient (Wildman–Crippen LogP) is 3.69. The number of benzene rings is 1. The van der Waals surface area contributed by atoms with E-state index in [4.69, 9.17) is 16.3 Å². The fourth-order valence-electron chi connectivity index (χ4n) is 2.30. The van der Waals surface area contributed by atoms with Crippen molar-refractivity contribution in [3.05, 3.63) is 57.9 Å². The van der Waals surface area contributed by atoms with Crippen molar-refractivity contribution in [3.8, 4) is 0 Å². The van der Waals surface area contributed by atoms with Crippen LogP contribution in [0.25, 0.3) is 0 Å². The third-order valence-electron chi connectivity index (χ3n) is 3.68. The minimum Gasteiger partial charge on any atom is -0.383 e. The Morgan fingerprint density at radius 3 is 2.39 bits per heavy atom. The van der Waals surface area contributed by atoms with E-state index < -0.39 is 23.7 Å². The molecular formula is C18H17ClF3N3O3. The van der Waals surface area contributed by atoms with Gasteiger partial charge in [0.2, 0.25) is 0 Å². The third kappa shape index (κ3) is 5.43. The number of halogens is 4. The van der Waals surface area contributed by atoms with E-state index in [1.165, 1.54) is 32.2 Å². The number of carbonyl (C=O) groups excluding carboxylic acids is 2. The summed E-state index contributed by atoms with van der Waals surface area (Å²) in [5, 5.41) is 5.24. The van der Waals surface area contributed by atoms with E-state index in [9.17, 15) is 22.8 Å². The summed E-state index contributed by atoms with van der Waals surface area (Å²) in [6.07, 6.45) is -4.59. The molecule has 150 valence electrons. The number of rotatable bonds is 6. The Kier molecular flexibility index (Phi) is 6.98. The largest absolute Gasteiger partial charge is 0.433 e. The Labute approximate surface area is 164 Å². The Balaban J connectivity index is 2.12. The highest BCUT2D eigenvalue weighted by Gasteiger charge is 2.33. The molecule has 1 aromatic carbocycles. The molecule has 0 bridgehead atoms. The van der Waals surface area contributed by atoms with Crippen molar-refractivity contribution in [1.82, 2.24) is 10.3 Å². The molecule has 0 aliphatic carbocycles. The Bertz CT molecular complexity index is 888. The summed E-state index contributed by atoms with van der Waals surface area (Å²) in [6.45, 7) is 1.97. The van der Waals surface area contributed by atoms with E-state index in [0.29, 0.717) is 13.2 Å².